The number of nitrogens with zero attached hydrogens (tertiary/aromatic N) is 4. The van der Waals surface area contributed by atoms with E-state index >= 15 is 0 Å². The highest BCUT2D eigenvalue weighted by Gasteiger charge is 2.34. The molecule has 0 N–H and O–H groups in total. The lowest BCUT2D eigenvalue weighted by molar-refractivity contribution is -0.127. The Morgan fingerprint density at radius 3 is 2.64 bits per heavy atom. The first-order valence-electron chi connectivity index (χ1n) is 8.11. The van der Waals surface area contributed by atoms with Gasteiger partial charge >= 0.3 is 0 Å². The van der Waals surface area contributed by atoms with Gasteiger partial charge in [0.05, 0.1) is 24.1 Å². The average Bonchev–Trinajstić information content (AvgIpc) is 2.72. The highest BCUT2D eigenvalue weighted by molar-refractivity contribution is 6.08. The lowest BCUT2D eigenvalue weighted by Gasteiger charge is -2.27. The van der Waals surface area contributed by atoms with Gasteiger partial charge in [0.1, 0.15) is 0 Å². The standard InChI is InChI=1S/C19H20N4O2/c1-19(2,3)16(24)12-23-15-7-5-4-6-13(15)10-22-17(18(23)25)14-11-20-8-9-21-14/h4-11,17H,12H2,1-3H3. The molecule has 1 unspecified atom stereocenters. The zero-order chi connectivity index (χ0) is 18.0. The van der Waals surface area contributed by atoms with Gasteiger partial charge < -0.3 is 4.90 Å². The molecule has 1 aliphatic heterocycles. The number of aliphatic imine (C=N–C) groups is 1. The maximum Gasteiger partial charge on any atom is 0.258 e. The van der Waals surface area contributed by atoms with Crippen molar-refractivity contribution in [2.24, 2.45) is 10.4 Å². The van der Waals surface area contributed by atoms with Crippen LogP contribution in [-0.4, -0.2) is 34.4 Å². The van der Waals surface area contributed by atoms with E-state index in [-0.39, 0.29) is 18.2 Å². The van der Waals surface area contributed by atoms with E-state index in [2.05, 4.69) is 15.0 Å². The summed E-state index contributed by atoms with van der Waals surface area (Å²) in [4.78, 5) is 39.9. The summed E-state index contributed by atoms with van der Waals surface area (Å²) >= 11 is 0. The summed E-state index contributed by atoms with van der Waals surface area (Å²) in [5.41, 5.74) is 1.40. The van der Waals surface area contributed by atoms with Crippen LogP contribution >= 0.6 is 0 Å². The average molecular weight is 336 g/mol. The summed E-state index contributed by atoms with van der Waals surface area (Å²) in [7, 11) is 0. The molecule has 0 aliphatic carbocycles. The van der Waals surface area contributed by atoms with Crippen LogP contribution < -0.4 is 4.90 Å². The first-order chi connectivity index (χ1) is 11.9. The summed E-state index contributed by atoms with van der Waals surface area (Å²) in [6, 6.07) is 6.61. The molecule has 0 fully saturated rings. The minimum Gasteiger partial charge on any atom is -0.302 e. The fourth-order valence-electron chi connectivity index (χ4n) is 2.53. The Hall–Kier alpha value is -2.89. The maximum absolute atomic E-state index is 13.2. The number of anilines is 1. The van der Waals surface area contributed by atoms with Gasteiger partial charge in [0.15, 0.2) is 11.8 Å². The highest BCUT2D eigenvalue weighted by Crippen LogP contribution is 2.29. The van der Waals surface area contributed by atoms with E-state index < -0.39 is 11.5 Å². The third-order valence-corrected chi connectivity index (χ3v) is 4.09. The van der Waals surface area contributed by atoms with Crippen LogP contribution in [0, 0.1) is 5.41 Å². The van der Waals surface area contributed by atoms with E-state index in [9.17, 15) is 9.59 Å². The number of hydrogen-bond donors (Lipinski definition) is 0. The summed E-state index contributed by atoms with van der Waals surface area (Å²) in [6.45, 7) is 5.54. The van der Waals surface area contributed by atoms with E-state index in [1.165, 1.54) is 17.3 Å². The number of benzene rings is 1. The zero-order valence-electron chi connectivity index (χ0n) is 14.5. The lowest BCUT2D eigenvalue weighted by Crippen LogP contribution is -2.41. The van der Waals surface area contributed by atoms with E-state index in [1.54, 1.807) is 12.4 Å². The van der Waals surface area contributed by atoms with Gasteiger partial charge in [-0.1, -0.05) is 39.0 Å². The zero-order valence-corrected chi connectivity index (χ0v) is 14.5. The second-order valence-electron chi connectivity index (χ2n) is 6.97. The Morgan fingerprint density at radius 2 is 1.96 bits per heavy atom. The number of carbonyl (C=O) groups is 2. The van der Waals surface area contributed by atoms with Crippen LogP contribution in [0.2, 0.25) is 0 Å². The second-order valence-corrected chi connectivity index (χ2v) is 6.97. The number of fused-ring (bicyclic) bond motifs is 1. The molecular weight excluding hydrogens is 316 g/mol. The molecule has 0 spiro atoms. The van der Waals surface area contributed by atoms with Gasteiger partial charge in [-0.3, -0.25) is 24.5 Å². The maximum atomic E-state index is 13.2. The van der Waals surface area contributed by atoms with Gasteiger partial charge in [0.25, 0.3) is 5.91 Å². The van der Waals surface area contributed by atoms with Crippen molar-refractivity contribution in [1.82, 2.24) is 9.97 Å². The minimum atomic E-state index is -0.811. The van der Waals surface area contributed by atoms with Gasteiger partial charge in [-0.25, -0.2) is 0 Å². The largest absolute Gasteiger partial charge is 0.302 e. The van der Waals surface area contributed by atoms with Crippen LogP contribution in [0.4, 0.5) is 5.69 Å². The normalized spacial score (nSPS) is 17.2. The molecule has 6 heteroatoms. The molecular formula is C19H20N4O2. The Labute approximate surface area is 146 Å². The van der Waals surface area contributed by atoms with Gasteiger partial charge in [-0.05, 0) is 6.07 Å². The molecule has 2 aromatic rings. The number of ketones is 1. The van der Waals surface area contributed by atoms with E-state index in [0.29, 0.717) is 11.4 Å². The van der Waals surface area contributed by atoms with Crippen molar-refractivity contribution in [3.05, 3.63) is 54.1 Å². The van der Waals surface area contributed by atoms with Crippen molar-refractivity contribution in [3.8, 4) is 0 Å². The van der Waals surface area contributed by atoms with E-state index in [4.69, 9.17) is 0 Å². The number of amides is 1. The van der Waals surface area contributed by atoms with Crippen molar-refractivity contribution in [2.75, 3.05) is 11.4 Å². The first kappa shape index (κ1) is 17.0. The lowest BCUT2D eigenvalue weighted by atomic mass is 9.90. The number of benzodiazepines with no additional fused rings is 1. The number of para-hydroxylation sites is 1. The molecule has 128 valence electrons. The molecule has 1 aromatic heterocycles. The quantitative estimate of drug-likeness (QED) is 0.863. The topological polar surface area (TPSA) is 75.5 Å². The fourth-order valence-corrected chi connectivity index (χ4v) is 2.53. The van der Waals surface area contributed by atoms with Crippen molar-refractivity contribution >= 4 is 23.6 Å². The number of rotatable bonds is 3. The highest BCUT2D eigenvalue weighted by atomic mass is 16.2. The Morgan fingerprint density at radius 1 is 1.20 bits per heavy atom. The Bertz CT molecular complexity index is 825. The summed E-state index contributed by atoms with van der Waals surface area (Å²) in [5, 5.41) is 0. The smallest absolute Gasteiger partial charge is 0.258 e. The SMILES string of the molecule is CC(C)(C)C(=O)CN1C(=O)C(c2cnccn2)N=Cc2ccccc21. The van der Waals surface area contributed by atoms with Gasteiger partial charge in [0.2, 0.25) is 0 Å². The second kappa shape index (κ2) is 6.55. The molecule has 2 heterocycles. The van der Waals surface area contributed by atoms with Gasteiger partial charge in [0, 0.05) is 29.6 Å². The Kier molecular flexibility index (Phi) is 4.44. The predicted octanol–water partition coefficient (Wildman–Crippen LogP) is 2.60. The van der Waals surface area contributed by atoms with Crippen LogP contribution in [0.25, 0.3) is 0 Å². The van der Waals surface area contributed by atoms with Crippen LogP contribution in [0.1, 0.15) is 38.1 Å². The minimum absolute atomic E-state index is 0.000527. The van der Waals surface area contributed by atoms with Crippen LogP contribution in [0.15, 0.2) is 47.8 Å². The molecule has 1 atom stereocenters. The molecule has 25 heavy (non-hydrogen) atoms. The van der Waals surface area contributed by atoms with Crippen molar-refractivity contribution < 1.29 is 9.59 Å². The summed E-state index contributed by atoms with van der Waals surface area (Å²) in [6.07, 6.45) is 6.26. The van der Waals surface area contributed by atoms with Gasteiger partial charge in [-0.15, -0.1) is 0 Å². The van der Waals surface area contributed by atoms with Crippen molar-refractivity contribution in [2.45, 2.75) is 26.8 Å². The molecule has 0 radical (unpaired) electrons. The van der Waals surface area contributed by atoms with Crippen molar-refractivity contribution in [3.63, 3.8) is 0 Å². The number of aromatic nitrogens is 2. The molecule has 0 saturated carbocycles. The monoisotopic (exact) mass is 336 g/mol. The number of hydrogen-bond acceptors (Lipinski definition) is 5. The van der Waals surface area contributed by atoms with Crippen LogP contribution in [-0.2, 0) is 9.59 Å². The van der Waals surface area contributed by atoms with E-state index in [1.807, 2.05) is 45.0 Å². The van der Waals surface area contributed by atoms with Crippen molar-refractivity contribution in [1.29, 1.82) is 0 Å². The third kappa shape index (κ3) is 3.47. The summed E-state index contributed by atoms with van der Waals surface area (Å²) < 4.78 is 0. The first-order valence-corrected chi connectivity index (χ1v) is 8.11. The van der Waals surface area contributed by atoms with E-state index in [0.717, 1.165) is 5.56 Å². The molecule has 0 saturated heterocycles. The molecule has 1 aromatic carbocycles. The third-order valence-electron chi connectivity index (χ3n) is 4.09. The Balaban J connectivity index is 2.04. The molecule has 3 rings (SSSR count). The van der Waals surface area contributed by atoms with Gasteiger partial charge in [-0.2, -0.15) is 0 Å². The molecule has 1 aliphatic rings. The fraction of sp³-hybridized carbons (Fsp3) is 0.316. The predicted molar refractivity (Wildman–Crippen MR) is 95.6 cm³/mol. The summed E-state index contributed by atoms with van der Waals surface area (Å²) in [5.74, 6) is -0.297. The molecule has 0 bridgehead atoms. The molecule has 1 amide bonds. The number of Topliss-reactive ketones (excluding diaryl/α,β-unsaturated/α-hetero) is 1. The van der Waals surface area contributed by atoms with Crippen LogP contribution in [0.3, 0.4) is 0 Å². The molecule has 6 nitrogen and oxygen atoms in total. The van der Waals surface area contributed by atoms with Crippen LogP contribution in [0.5, 0.6) is 0 Å². The number of carbonyl (C=O) groups excluding carboxylic acids is 2.